The van der Waals surface area contributed by atoms with Crippen molar-refractivity contribution >= 4 is 39.6 Å². The molecule has 154 valence electrons. The third kappa shape index (κ3) is 4.01. The Balaban J connectivity index is 1.51. The zero-order valence-electron chi connectivity index (χ0n) is 17.3. The number of ether oxygens (including phenoxy) is 1. The second-order valence-corrected chi connectivity index (χ2v) is 8.06. The number of hydrogen-bond acceptors (Lipinski definition) is 2. The van der Waals surface area contributed by atoms with Gasteiger partial charge >= 0.3 is 0 Å². The number of hydrogen-bond donors (Lipinski definition) is 0. The molecule has 4 heteroatoms. The average Bonchev–Trinajstić information content (AvgIpc) is 2.79. The molecule has 1 aliphatic heterocycles. The number of rotatable bonds is 5. The quantitative estimate of drug-likeness (QED) is 0.328. The molecule has 0 amide bonds. The molecule has 1 unspecified atom stereocenters. The normalized spacial score (nSPS) is 17.0. The van der Waals surface area contributed by atoms with Crippen LogP contribution >= 0.6 is 11.6 Å². The lowest BCUT2D eigenvalue weighted by molar-refractivity contribution is 0.340. The molecule has 3 nitrogen and oxygen atoms in total. The average molecular weight is 427 g/mol. The highest BCUT2D eigenvalue weighted by atomic mass is 35.5. The number of aliphatic imine (C=N–C) groups is 1. The SMILES string of the molecule is CCOc1ccc(N2C(=Nc3ccc(Cl)cc3)CC2c2ccc3ccccc3c2)cc1. The van der Waals surface area contributed by atoms with Gasteiger partial charge in [-0.3, -0.25) is 0 Å². The standard InChI is InChI=1S/C27H23ClN2O/c1-2-31-25-15-13-24(14-16-25)30-26(18-27(30)29-23-11-9-22(28)10-12-23)21-8-7-19-5-3-4-6-20(19)17-21/h3-17,26H,2,18H2,1H3. The third-order valence-electron chi connectivity index (χ3n) is 5.63. The van der Waals surface area contributed by atoms with Crippen molar-refractivity contribution in [2.24, 2.45) is 4.99 Å². The molecule has 0 bridgehead atoms. The number of halogens is 1. The van der Waals surface area contributed by atoms with Crippen molar-refractivity contribution in [2.75, 3.05) is 11.5 Å². The molecule has 0 aromatic heterocycles. The zero-order valence-corrected chi connectivity index (χ0v) is 18.1. The van der Waals surface area contributed by atoms with Gasteiger partial charge < -0.3 is 9.64 Å². The summed E-state index contributed by atoms with van der Waals surface area (Å²) in [5, 5.41) is 3.23. The predicted octanol–water partition coefficient (Wildman–Crippen LogP) is 7.57. The lowest BCUT2D eigenvalue weighted by atomic mass is 9.91. The first-order valence-electron chi connectivity index (χ1n) is 10.6. The number of fused-ring (bicyclic) bond motifs is 1. The summed E-state index contributed by atoms with van der Waals surface area (Å²) in [5.41, 5.74) is 3.32. The molecule has 1 aliphatic rings. The van der Waals surface area contributed by atoms with E-state index in [1.165, 1.54) is 16.3 Å². The molecule has 31 heavy (non-hydrogen) atoms. The van der Waals surface area contributed by atoms with Crippen molar-refractivity contribution in [3.8, 4) is 5.75 Å². The van der Waals surface area contributed by atoms with Crippen molar-refractivity contribution in [2.45, 2.75) is 19.4 Å². The fraction of sp³-hybridized carbons (Fsp3) is 0.148. The summed E-state index contributed by atoms with van der Waals surface area (Å²) in [6.45, 7) is 2.65. The van der Waals surface area contributed by atoms with E-state index in [2.05, 4.69) is 59.5 Å². The Morgan fingerprint density at radius 3 is 2.39 bits per heavy atom. The van der Waals surface area contributed by atoms with Gasteiger partial charge in [-0.25, -0.2) is 4.99 Å². The molecule has 0 saturated carbocycles. The van der Waals surface area contributed by atoms with Crippen LogP contribution in [0.3, 0.4) is 0 Å². The van der Waals surface area contributed by atoms with E-state index in [-0.39, 0.29) is 6.04 Å². The van der Waals surface area contributed by atoms with Crippen molar-refractivity contribution in [3.05, 3.63) is 102 Å². The van der Waals surface area contributed by atoms with Gasteiger partial charge in [-0.05, 0) is 77.9 Å². The number of amidine groups is 1. The zero-order chi connectivity index (χ0) is 21.2. The van der Waals surface area contributed by atoms with Crippen LogP contribution < -0.4 is 9.64 Å². The molecule has 0 aliphatic carbocycles. The van der Waals surface area contributed by atoms with Crippen LogP contribution in [0, 0.1) is 0 Å². The van der Waals surface area contributed by atoms with Crippen molar-refractivity contribution in [1.29, 1.82) is 0 Å². The van der Waals surface area contributed by atoms with Gasteiger partial charge in [-0.15, -0.1) is 0 Å². The number of nitrogens with zero attached hydrogens (tertiary/aromatic N) is 2. The Morgan fingerprint density at radius 1 is 0.903 bits per heavy atom. The van der Waals surface area contributed by atoms with Crippen LogP contribution in [0.25, 0.3) is 10.8 Å². The van der Waals surface area contributed by atoms with Crippen LogP contribution in [0.4, 0.5) is 11.4 Å². The Kier molecular flexibility index (Phi) is 5.35. The van der Waals surface area contributed by atoms with Gasteiger partial charge in [0, 0.05) is 17.1 Å². The largest absolute Gasteiger partial charge is 0.494 e. The van der Waals surface area contributed by atoms with Crippen LogP contribution in [0.2, 0.25) is 5.02 Å². The fourth-order valence-corrected chi connectivity index (χ4v) is 4.20. The van der Waals surface area contributed by atoms with Crippen LogP contribution in [-0.4, -0.2) is 12.4 Å². The minimum Gasteiger partial charge on any atom is -0.494 e. The summed E-state index contributed by atoms with van der Waals surface area (Å²) in [7, 11) is 0. The van der Waals surface area contributed by atoms with Gasteiger partial charge in [0.2, 0.25) is 0 Å². The molecule has 5 rings (SSSR count). The summed E-state index contributed by atoms with van der Waals surface area (Å²) >= 11 is 6.04. The maximum Gasteiger partial charge on any atom is 0.119 e. The van der Waals surface area contributed by atoms with E-state index >= 15 is 0 Å². The van der Waals surface area contributed by atoms with Crippen molar-refractivity contribution in [3.63, 3.8) is 0 Å². The van der Waals surface area contributed by atoms with Gasteiger partial charge in [0.05, 0.1) is 18.3 Å². The molecule has 4 aromatic rings. The van der Waals surface area contributed by atoms with E-state index in [9.17, 15) is 0 Å². The Morgan fingerprint density at radius 2 is 1.65 bits per heavy atom. The summed E-state index contributed by atoms with van der Waals surface area (Å²) in [6, 6.07) is 31.4. The van der Waals surface area contributed by atoms with Crippen LogP contribution in [0.15, 0.2) is 96.0 Å². The number of benzene rings is 4. The first-order chi connectivity index (χ1) is 15.2. The fourth-order valence-electron chi connectivity index (χ4n) is 4.07. The van der Waals surface area contributed by atoms with Gasteiger partial charge in [0.15, 0.2) is 0 Å². The summed E-state index contributed by atoms with van der Waals surface area (Å²) in [6.07, 6.45) is 0.883. The predicted molar refractivity (Wildman–Crippen MR) is 130 cm³/mol. The van der Waals surface area contributed by atoms with Gasteiger partial charge in [0.25, 0.3) is 0 Å². The molecule has 0 spiro atoms. The number of anilines is 1. The molecule has 0 radical (unpaired) electrons. The second-order valence-electron chi connectivity index (χ2n) is 7.63. The van der Waals surface area contributed by atoms with E-state index in [4.69, 9.17) is 21.3 Å². The van der Waals surface area contributed by atoms with Crippen LogP contribution in [0.1, 0.15) is 24.9 Å². The molecule has 0 N–H and O–H groups in total. The Hall–Kier alpha value is -3.30. The third-order valence-corrected chi connectivity index (χ3v) is 5.89. The summed E-state index contributed by atoms with van der Waals surface area (Å²) in [5.74, 6) is 1.93. The maximum absolute atomic E-state index is 6.04. The van der Waals surface area contributed by atoms with Gasteiger partial charge in [-0.2, -0.15) is 0 Å². The summed E-state index contributed by atoms with van der Waals surface area (Å²) in [4.78, 5) is 7.23. The summed E-state index contributed by atoms with van der Waals surface area (Å²) < 4.78 is 5.62. The van der Waals surface area contributed by atoms with E-state index in [0.717, 1.165) is 34.4 Å². The molecular weight excluding hydrogens is 404 g/mol. The highest BCUT2D eigenvalue weighted by Gasteiger charge is 2.36. The minimum absolute atomic E-state index is 0.244. The molecule has 1 atom stereocenters. The van der Waals surface area contributed by atoms with E-state index in [1.807, 2.05) is 43.3 Å². The topological polar surface area (TPSA) is 24.8 Å². The molecule has 1 saturated heterocycles. The molecule has 1 heterocycles. The lowest BCUT2D eigenvalue weighted by Crippen LogP contribution is -2.46. The van der Waals surface area contributed by atoms with Gasteiger partial charge in [-0.1, -0.05) is 48.0 Å². The second kappa shape index (κ2) is 8.44. The van der Waals surface area contributed by atoms with Gasteiger partial charge in [0.1, 0.15) is 11.6 Å². The Labute approximate surface area is 187 Å². The first kappa shape index (κ1) is 19.7. The van der Waals surface area contributed by atoms with Crippen LogP contribution in [0.5, 0.6) is 5.75 Å². The monoisotopic (exact) mass is 426 g/mol. The molecule has 1 fully saturated rings. The first-order valence-corrected chi connectivity index (χ1v) is 10.9. The lowest BCUT2D eigenvalue weighted by Gasteiger charge is -2.44. The van der Waals surface area contributed by atoms with Crippen LogP contribution in [-0.2, 0) is 0 Å². The Bertz CT molecular complexity index is 1230. The van der Waals surface area contributed by atoms with E-state index in [1.54, 1.807) is 0 Å². The molecule has 4 aromatic carbocycles. The molecular formula is C27H23ClN2O. The van der Waals surface area contributed by atoms with E-state index in [0.29, 0.717) is 6.61 Å². The highest BCUT2D eigenvalue weighted by Crippen LogP contribution is 2.41. The minimum atomic E-state index is 0.244. The van der Waals surface area contributed by atoms with Crippen molar-refractivity contribution < 1.29 is 4.74 Å². The highest BCUT2D eigenvalue weighted by molar-refractivity contribution is 6.30. The van der Waals surface area contributed by atoms with Crippen molar-refractivity contribution in [1.82, 2.24) is 0 Å². The maximum atomic E-state index is 6.04. The smallest absolute Gasteiger partial charge is 0.119 e. The van der Waals surface area contributed by atoms with E-state index < -0.39 is 0 Å².